The molecular formula is C19H23ClN4O3S. The summed E-state index contributed by atoms with van der Waals surface area (Å²) in [5, 5.41) is 3.26. The molecule has 7 nitrogen and oxygen atoms in total. The summed E-state index contributed by atoms with van der Waals surface area (Å²) in [4.78, 5) is 18.5. The van der Waals surface area contributed by atoms with Gasteiger partial charge in [-0.1, -0.05) is 41.9 Å². The van der Waals surface area contributed by atoms with Crippen LogP contribution in [0, 0.1) is 0 Å². The fourth-order valence-corrected chi connectivity index (χ4v) is 4.72. The van der Waals surface area contributed by atoms with Crippen LogP contribution in [0.4, 0.5) is 5.82 Å². The number of hydrogen-bond acceptors (Lipinski definition) is 5. The number of rotatable bonds is 6. The van der Waals surface area contributed by atoms with E-state index in [9.17, 15) is 13.2 Å². The molecule has 1 aliphatic heterocycles. The Labute approximate surface area is 170 Å². The van der Waals surface area contributed by atoms with E-state index in [1.807, 2.05) is 35.2 Å². The molecule has 1 aromatic carbocycles. The van der Waals surface area contributed by atoms with E-state index in [2.05, 4.69) is 10.3 Å². The van der Waals surface area contributed by atoms with Gasteiger partial charge in [0, 0.05) is 32.4 Å². The first-order valence-corrected chi connectivity index (χ1v) is 11.0. The van der Waals surface area contributed by atoms with Crippen LogP contribution in [0.1, 0.15) is 12.5 Å². The normalized spacial score (nSPS) is 17.2. The summed E-state index contributed by atoms with van der Waals surface area (Å²) in [5.41, 5.74) is 0.771. The van der Waals surface area contributed by atoms with Crippen molar-refractivity contribution in [3.8, 4) is 0 Å². The summed E-state index contributed by atoms with van der Waals surface area (Å²) in [6, 6.07) is 12.1. The number of carbonyl (C=O) groups excluding carboxylic acids is 1. The molecule has 2 heterocycles. The second-order valence-corrected chi connectivity index (χ2v) is 9.11. The fourth-order valence-electron chi connectivity index (χ4n) is 3.09. The van der Waals surface area contributed by atoms with Crippen molar-refractivity contribution in [3.05, 3.63) is 59.2 Å². The molecule has 9 heteroatoms. The third-order valence-corrected chi connectivity index (χ3v) is 6.84. The molecule has 2 aromatic rings. The summed E-state index contributed by atoms with van der Waals surface area (Å²) in [7, 11) is -3.37. The van der Waals surface area contributed by atoms with Crippen molar-refractivity contribution in [2.45, 2.75) is 18.7 Å². The number of piperazine rings is 1. The molecule has 0 saturated carbocycles. The van der Waals surface area contributed by atoms with E-state index in [0.717, 1.165) is 5.56 Å². The fraction of sp³-hybridized carbons (Fsp3) is 0.368. The Morgan fingerprint density at radius 2 is 1.82 bits per heavy atom. The lowest BCUT2D eigenvalue weighted by Gasteiger charge is -2.36. The molecule has 1 aliphatic rings. The maximum Gasteiger partial charge on any atom is 0.242 e. The van der Waals surface area contributed by atoms with Crippen molar-refractivity contribution in [2.24, 2.45) is 0 Å². The molecule has 0 unspecified atom stereocenters. The molecule has 0 aliphatic carbocycles. The molecule has 0 bridgehead atoms. The van der Waals surface area contributed by atoms with E-state index in [1.165, 1.54) is 10.5 Å². The van der Waals surface area contributed by atoms with Gasteiger partial charge in [-0.15, -0.1) is 0 Å². The highest BCUT2D eigenvalue weighted by atomic mass is 35.5. The van der Waals surface area contributed by atoms with Crippen LogP contribution in [0.5, 0.6) is 0 Å². The smallest absolute Gasteiger partial charge is 0.242 e. The number of halogens is 1. The van der Waals surface area contributed by atoms with Gasteiger partial charge >= 0.3 is 0 Å². The van der Waals surface area contributed by atoms with Gasteiger partial charge in [0.25, 0.3) is 0 Å². The third-order valence-electron chi connectivity index (χ3n) is 4.76. The number of aromatic nitrogens is 1. The number of nitrogens with one attached hydrogen (secondary N) is 1. The molecule has 1 amide bonds. The maximum absolute atomic E-state index is 12.6. The average Bonchev–Trinajstić information content (AvgIpc) is 2.69. The van der Waals surface area contributed by atoms with Crippen molar-refractivity contribution in [3.63, 3.8) is 0 Å². The lowest BCUT2D eigenvalue weighted by atomic mass is 10.2. The van der Waals surface area contributed by atoms with Gasteiger partial charge in [-0.05, 0) is 24.6 Å². The van der Waals surface area contributed by atoms with Crippen LogP contribution < -0.4 is 5.32 Å². The molecule has 1 fully saturated rings. The molecule has 1 saturated heterocycles. The number of amides is 1. The highest BCUT2D eigenvalue weighted by Crippen LogP contribution is 2.16. The van der Waals surface area contributed by atoms with E-state index in [1.54, 1.807) is 19.1 Å². The summed E-state index contributed by atoms with van der Waals surface area (Å²) < 4.78 is 26.8. The number of pyridine rings is 1. The monoisotopic (exact) mass is 422 g/mol. The summed E-state index contributed by atoms with van der Waals surface area (Å²) in [6.07, 6.45) is 1.47. The Bertz CT molecular complexity index is 899. The lowest BCUT2D eigenvalue weighted by Crippen LogP contribution is -2.54. The summed E-state index contributed by atoms with van der Waals surface area (Å²) in [5.74, 6) is 0.243. The van der Waals surface area contributed by atoms with Crippen molar-refractivity contribution in [1.29, 1.82) is 0 Å². The number of anilines is 1. The van der Waals surface area contributed by atoms with Gasteiger partial charge in [0.2, 0.25) is 15.9 Å². The van der Waals surface area contributed by atoms with Gasteiger partial charge in [-0.3, -0.25) is 9.69 Å². The number of hydrogen-bond donors (Lipinski definition) is 1. The van der Waals surface area contributed by atoms with E-state index in [-0.39, 0.29) is 11.7 Å². The minimum Gasteiger partial charge on any atom is -0.309 e. The highest BCUT2D eigenvalue weighted by molar-refractivity contribution is 7.88. The first kappa shape index (κ1) is 20.7. The first-order chi connectivity index (χ1) is 13.3. The Morgan fingerprint density at radius 1 is 1.14 bits per heavy atom. The van der Waals surface area contributed by atoms with E-state index < -0.39 is 16.1 Å². The predicted octanol–water partition coefficient (Wildman–Crippen LogP) is 2.21. The zero-order valence-electron chi connectivity index (χ0n) is 15.6. The molecule has 150 valence electrons. The topological polar surface area (TPSA) is 82.6 Å². The summed E-state index contributed by atoms with van der Waals surface area (Å²) >= 11 is 5.80. The van der Waals surface area contributed by atoms with Gasteiger partial charge in [0.1, 0.15) is 5.82 Å². The van der Waals surface area contributed by atoms with Crippen LogP contribution in [-0.2, 0) is 20.6 Å². The van der Waals surface area contributed by atoms with Gasteiger partial charge in [-0.25, -0.2) is 13.4 Å². The molecule has 28 heavy (non-hydrogen) atoms. The van der Waals surface area contributed by atoms with Crippen LogP contribution in [0.2, 0.25) is 5.02 Å². The molecule has 0 spiro atoms. The largest absolute Gasteiger partial charge is 0.309 e. The molecule has 1 aromatic heterocycles. The van der Waals surface area contributed by atoms with Crippen LogP contribution in [-0.4, -0.2) is 60.7 Å². The zero-order valence-corrected chi connectivity index (χ0v) is 17.2. The average molecular weight is 423 g/mol. The third kappa shape index (κ3) is 5.29. The number of nitrogens with zero attached hydrogens (tertiary/aromatic N) is 3. The standard InChI is InChI=1S/C19H23ClN4O3S/c1-15(19(25)22-18-8-7-17(20)13-21-18)23-9-11-24(12-10-23)28(26,27)14-16-5-3-2-4-6-16/h2-8,13,15H,9-12,14H2,1H3,(H,21,22,25)/t15-/m1/s1. The van der Waals surface area contributed by atoms with Crippen LogP contribution in [0.15, 0.2) is 48.7 Å². The lowest BCUT2D eigenvalue weighted by molar-refractivity contribution is -0.121. The van der Waals surface area contributed by atoms with Gasteiger partial charge < -0.3 is 5.32 Å². The van der Waals surface area contributed by atoms with Gasteiger partial charge in [-0.2, -0.15) is 4.31 Å². The Morgan fingerprint density at radius 3 is 2.43 bits per heavy atom. The Balaban J connectivity index is 1.53. The highest BCUT2D eigenvalue weighted by Gasteiger charge is 2.31. The van der Waals surface area contributed by atoms with Crippen molar-refractivity contribution in [1.82, 2.24) is 14.2 Å². The minimum atomic E-state index is -3.37. The SMILES string of the molecule is C[C@H](C(=O)Nc1ccc(Cl)cn1)N1CCN(S(=O)(=O)Cc2ccccc2)CC1. The number of carbonyl (C=O) groups is 1. The summed E-state index contributed by atoms with van der Waals surface area (Å²) in [6.45, 7) is 3.53. The van der Waals surface area contributed by atoms with Crippen molar-refractivity contribution >= 4 is 33.3 Å². The zero-order chi connectivity index (χ0) is 20.1. The Hall–Kier alpha value is -2.00. The molecule has 0 radical (unpaired) electrons. The Kier molecular flexibility index (Phi) is 6.66. The van der Waals surface area contributed by atoms with E-state index in [4.69, 9.17) is 11.6 Å². The quantitative estimate of drug-likeness (QED) is 0.771. The van der Waals surface area contributed by atoms with Crippen molar-refractivity contribution in [2.75, 3.05) is 31.5 Å². The van der Waals surface area contributed by atoms with Crippen LogP contribution in [0.3, 0.4) is 0 Å². The predicted molar refractivity (Wildman–Crippen MR) is 110 cm³/mol. The maximum atomic E-state index is 12.6. The molecule has 1 atom stereocenters. The van der Waals surface area contributed by atoms with Crippen LogP contribution in [0.25, 0.3) is 0 Å². The molecule has 3 rings (SSSR count). The number of sulfonamides is 1. The first-order valence-electron chi connectivity index (χ1n) is 9.03. The minimum absolute atomic E-state index is 0.00782. The van der Waals surface area contributed by atoms with Gasteiger partial charge in [0.05, 0.1) is 16.8 Å². The number of benzene rings is 1. The van der Waals surface area contributed by atoms with Crippen molar-refractivity contribution < 1.29 is 13.2 Å². The van der Waals surface area contributed by atoms with E-state index >= 15 is 0 Å². The molecule has 1 N–H and O–H groups in total. The second-order valence-electron chi connectivity index (χ2n) is 6.70. The van der Waals surface area contributed by atoms with E-state index in [0.29, 0.717) is 37.0 Å². The van der Waals surface area contributed by atoms with Gasteiger partial charge in [0.15, 0.2) is 0 Å². The second kappa shape index (κ2) is 9.00. The molecular weight excluding hydrogens is 400 g/mol. The van der Waals surface area contributed by atoms with Crippen LogP contribution >= 0.6 is 11.6 Å².